The van der Waals surface area contributed by atoms with E-state index in [1.807, 2.05) is 30.3 Å². The van der Waals surface area contributed by atoms with Crippen LogP contribution in [0.5, 0.6) is 0 Å². The number of aromatic nitrogens is 4. The summed E-state index contributed by atoms with van der Waals surface area (Å²) in [7, 11) is 0. The fourth-order valence-corrected chi connectivity index (χ4v) is 4.29. The average Bonchev–Trinajstić information content (AvgIpc) is 3.41. The molecule has 177 valence electrons. The fraction of sp³-hybridized carbons (Fsp3) is 0.269. The van der Waals surface area contributed by atoms with Crippen LogP contribution >= 0.6 is 0 Å². The number of amides is 2. The van der Waals surface area contributed by atoms with E-state index in [2.05, 4.69) is 32.1 Å². The Bertz CT molecular complexity index is 1330. The first-order chi connectivity index (χ1) is 17.2. The van der Waals surface area contributed by atoms with Gasteiger partial charge in [0.2, 0.25) is 0 Å². The van der Waals surface area contributed by atoms with Crippen LogP contribution < -0.4 is 10.6 Å². The van der Waals surface area contributed by atoms with Crippen LogP contribution in [0.1, 0.15) is 39.3 Å². The van der Waals surface area contributed by atoms with E-state index in [0.717, 1.165) is 29.2 Å². The molecule has 35 heavy (non-hydrogen) atoms. The van der Waals surface area contributed by atoms with Gasteiger partial charge >= 0.3 is 0 Å². The lowest BCUT2D eigenvalue weighted by atomic mass is 9.99. The monoisotopic (exact) mass is 469 g/mol. The van der Waals surface area contributed by atoms with Gasteiger partial charge in [0.25, 0.3) is 11.8 Å². The first-order valence-electron chi connectivity index (χ1n) is 11.6. The van der Waals surface area contributed by atoms with Crippen LogP contribution in [0, 0.1) is 12.1 Å². The number of pyridine rings is 1. The van der Waals surface area contributed by atoms with Crippen molar-refractivity contribution >= 4 is 28.3 Å². The summed E-state index contributed by atoms with van der Waals surface area (Å²) in [6.45, 7) is 2.51. The van der Waals surface area contributed by atoms with Crippen molar-refractivity contribution in [2.45, 2.75) is 19.4 Å². The molecule has 5 rings (SSSR count). The molecule has 1 radical (unpaired) electrons. The Balaban J connectivity index is 1.35. The maximum atomic E-state index is 13.3. The molecule has 0 aliphatic carbocycles. The third kappa shape index (κ3) is 5.20. The number of fused-ring (bicyclic) bond motifs is 1. The molecule has 0 bridgehead atoms. The summed E-state index contributed by atoms with van der Waals surface area (Å²) >= 11 is 0. The zero-order valence-corrected chi connectivity index (χ0v) is 19.1. The molecule has 4 aromatic rings. The smallest absolute Gasteiger partial charge is 0.272 e. The normalized spacial score (nSPS) is 14.1. The van der Waals surface area contributed by atoms with E-state index >= 15 is 0 Å². The van der Waals surface area contributed by atoms with Crippen LogP contribution in [0.4, 0.5) is 5.69 Å². The van der Waals surface area contributed by atoms with E-state index in [9.17, 15) is 9.59 Å². The third-order valence-electron chi connectivity index (χ3n) is 6.17. The summed E-state index contributed by atoms with van der Waals surface area (Å²) in [5, 5.41) is 15.5. The van der Waals surface area contributed by atoms with Crippen molar-refractivity contribution in [3.05, 3.63) is 83.9 Å². The number of hydrogen-bond donors (Lipinski definition) is 2. The van der Waals surface area contributed by atoms with Gasteiger partial charge in [-0.05, 0) is 53.3 Å². The van der Waals surface area contributed by atoms with Gasteiger partial charge in [0.1, 0.15) is 0 Å². The van der Waals surface area contributed by atoms with Gasteiger partial charge in [-0.15, -0.1) is 5.10 Å². The number of carbonyl (C=O) groups is 2. The highest BCUT2D eigenvalue weighted by atomic mass is 16.5. The second kappa shape index (κ2) is 10.4. The van der Waals surface area contributed by atoms with Crippen LogP contribution in [-0.2, 0) is 11.3 Å². The quantitative estimate of drug-likeness (QED) is 0.430. The van der Waals surface area contributed by atoms with Crippen LogP contribution in [0.3, 0.4) is 0 Å². The van der Waals surface area contributed by atoms with Crippen LogP contribution in [-0.4, -0.2) is 51.6 Å². The first kappa shape index (κ1) is 22.7. The number of ether oxygens (including phenoxy) is 1. The highest BCUT2D eigenvalue weighted by Gasteiger charge is 2.20. The molecule has 0 unspecified atom stereocenters. The van der Waals surface area contributed by atoms with Crippen molar-refractivity contribution in [3.63, 3.8) is 0 Å². The van der Waals surface area contributed by atoms with E-state index in [1.54, 1.807) is 35.3 Å². The molecule has 1 aliphatic heterocycles. The first-order valence-corrected chi connectivity index (χ1v) is 11.6. The number of anilines is 1. The van der Waals surface area contributed by atoms with Crippen LogP contribution in [0.15, 0.2) is 60.9 Å². The molecule has 9 nitrogen and oxygen atoms in total. The van der Waals surface area contributed by atoms with Gasteiger partial charge in [0, 0.05) is 31.5 Å². The maximum absolute atomic E-state index is 13.3. The predicted octanol–water partition coefficient (Wildman–Crippen LogP) is 3.08. The summed E-state index contributed by atoms with van der Waals surface area (Å²) in [6, 6.07) is 14.6. The molecular weight excluding hydrogens is 444 g/mol. The Hall–Kier alpha value is -4.11. The summed E-state index contributed by atoms with van der Waals surface area (Å²) < 4.78 is 7.11. The Labute approximate surface area is 202 Å². The molecule has 2 amide bonds. The minimum Gasteiger partial charge on any atom is -0.381 e. The molecule has 2 aromatic carbocycles. The lowest BCUT2D eigenvalue weighted by molar-refractivity contribution is 0.0642. The summed E-state index contributed by atoms with van der Waals surface area (Å²) in [6.07, 6.45) is 7.95. The van der Waals surface area contributed by atoms with E-state index in [4.69, 9.17) is 4.74 Å². The zero-order chi connectivity index (χ0) is 24.0. The predicted molar refractivity (Wildman–Crippen MR) is 130 cm³/mol. The molecule has 2 N–H and O–H groups in total. The van der Waals surface area contributed by atoms with Gasteiger partial charge in [-0.25, -0.2) is 9.67 Å². The Morgan fingerprint density at radius 1 is 1.06 bits per heavy atom. The highest BCUT2D eigenvalue weighted by Crippen LogP contribution is 2.25. The van der Waals surface area contributed by atoms with Gasteiger partial charge in [0.05, 0.1) is 24.6 Å². The topological polar surface area (TPSA) is 111 Å². The molecule has 1 fully saturated rings. The molecule has 1 aliphatic rings. The van der Waals surface area contributed by atoms with E-state index < -0.39 is 0 Å². The van der Waals surface area contributed by atoms with Gasteiger partial charge in [0.15, 0.2) is 5.69 Å². The molecule has 0 atom stereocenters. The Kier molecular flexibility index (Phi) is 6.76. The van der Waals surface area contributed by atoms with Crippen molar-refractivity contribution in [1.29, 1.82) is 0 Å². The SMILES string of the molecule is O=C(NCC1CCOCC1)c1n[c]ccc1NC(=O)c1ccc(Cn2ccnn2)c2ccccc12. The van der Waals surface area contributed by atoms with Crippen molar-refractivity contribution in [1.82, 2.24) is 25.3 Å². The average molecular weight is 470 g/mol. The fourth-order valence-electron chi connectivity index (χ4n) is 4.29. The standard InChI is InChI=1S/C26H25N6O3/c33-25(22-8-7-19(17-32-13-12-29-31-32)20-4-1-2-5-21(20)22)30-23-6-3-11-27-24(23)26(34)28-16-18-9-14-35-15-10-18/h1-8,12-13,18H,9-10,14-17H2,(H,28,34)(H,30,33). The third-order valence-corrected chi connectivity index (χ3v) is 6.17. The summed E-state index contributed by atoms with van der Waals surface area (Å²) in [5.74, 6) is -0.280. The highest BCUT2D eigenvalue weighted by molar-refractivity contribution is 6.15. The second-order valence-corrected chi connectivity index (χ2v) is 8.47. The Morgan fingerprint density at radius 3 is 2.69 bits per heavy atom. The number of nitrogens with one attached hydrogen (secondary N) is 2. The van der Waals surface area contributed by atoms with Crippen molar-refractivity contribution in [2.24, 2.45) is 5.92 Å². The molecular formula is C26H25N6O3. The van der Waals surface area contributed by atoms with Crippen molar-refractivity contribution in [3.8, 4) is 0 Å². The van der Waals surface area contributed by atoms with E-state index in [-0.39, 0.29) is 17.5 Å². The molecule has 0 spiro atoms. The number of benzene rings is 2. The number of hydrogen-bond acceptors (Lipinski definition) is 6. The molecule has 3 heterocycles. The maximum Gasteiger partial charge on any atom is 0.272 e. The van der Waals surface area contributed by atoms with E-state index in [0.29, 0.717) is 43.5 Å². The van der Waals surface area contributed by atoms with Crippen LogP contribution in [0.2, 0.25) is 0 Å². The van der Waals surface area contributed by atoms with Gasteiger partial charge in [-0.1, -0.05) is 35.5 Å². The van der Waals surface area contributed by atoms with Crippen molar-refractivity contribution in [2.75, 3.05) is 25.1 Å². The second-order valence-electron chi connectivity index (χ2n) is 8.47. The largest absolute Gasteiger partial charge is 0.381 e. The zero-order valence-electron chi connectivity index (χ0n) is 19.1. The molecule has 0 saturated carbocycles. The molecule has 9 heteroatoms. The minimum absolute atomic E-state index is 0.139. The summed E-state index contributed by atoms with van der Waals surface area (Å²) in [4.78, 5) is 30.3. The minimum atomic E-state index is -0.336. The lowest BCUT2D eigenvalue weighted by Crippen LogP contribution is -2.33. The Morgan fingerprint density at radius 2 is 1.89 bits per heavy atom. The van der Waals surface area contributed by atoms with E-state index in [1.165, 1.54) is 0 Å². The van der Waals surface area contributed by atoms with Crippen LogP contribution in [0.25, 0.3) is 10.8 Å². The van der Waals surface area contributed by atoms with Gasteiger partial charge in [-0.2, -0.15) is 0 Å². The lowest BCUT2D eigenvalue weighted by Gasteiger charge is -2.22. The van der Waals surface area contributed by atoms with Crippen molar-refractivity contribution < 1.29 is 14.3 Å². The summed E-state index contributed by atoms with van der Waals surface area (Å²) in [5.41, 5.74) is 2.00. The number of nitrogens with zero attached hydrogens (tertiary/aromatic N) is 4. The number of rotatable bonds is 7. The van der Waals surface area contributed by atoms with Gasteiger partial charge in [-0.3, -0.25) is 9.59 Å². The molecule has 1 saturated heterocycles. The number of carbonyl (C=O) groups excluding carboxylic acids is 2. The molecule has 2 aromatic heterocycles. The van der Waals surface area contributed by atoms with Gasteiger partial charge < -0.3 is 15.4 Å².